The number of benzene rings is 1. The van der Waals surface area contributed by atoms with E-state index >= 15 is 0 Å². The van der Waals surface area contributed by atoms with E-state index in [1.807, 2.05) is 9.80 Å². The van der Waals surface area contributed by atoms with Gasteiger partial charge in [-0.05, 0) is 49.9 Å². The van der Waals surface area contributed by atoms with Gasteiger partial charge < -0.3 is 30.0 Å². The first kappa shape index (κ1) is 30.9. The number of nitrogens with zero attached hydrogens (tertiary/aromatic N) is 2. The number of carbonyl (C=O) groups excluding carboxylic acids is 1. The molecule has 220 valence electrons. The number of carbonyl (C=O) groups is 2. The summed E-state index contributed by atoms with van der Waals surface area (Å²) in [5, 5.41) is 10.4. The fourth-order valence-corrected chi connectivity index (χ4v) is 5.90. The maximum atomic E-state index is 13.4. The summed E-state index contributed by atoms with van der Waals surface area (Å²) in [6, 6.07) is 3.08. The number of fused-ring (bicyclic) bond motifs is 1. The Hall–Kier alpha value is -2.61. The molecule has 0 radical (unpaired) electrons. The molecule has 39 heavy (non-hydrogen) atoms. The van der Waals surface area contributed by atoms with Crippen LogP contribution >= 0.6 is 0 Å². The van der Waals surface area contributed by atoms with Gasteiger partial charge in [-0.1, -0.05) is 13.3 Å². The molecule has 3 atom stereocenters. The molecule has 2 heterocycles. The molecule has 4 N–H and O–H groups in total. The molecule has 1 saturated heterocycles. The Morgan fingerprint density at radius 3 is 2.62 bits per heavy atom. The van der Waals surface area contributed by atoms with Crippen molar-refractivity contribution in [1.29, 1.82) is 0 Å². The lowest BCUT2D eigenvalue weighted by Gasteiger charge is -2.29. The van der Waals surface area contributed by atoms with Crippen LogP contribution in [0.3, 0.4) is 0 Å². The lowest BCUT2D eigenvalue weighted by Crippen LogP contribution is -2.45. The van der Waals surface area contributed by atoms with Gasteiger partial charge in [-0.15, -0.1) is 0 Å². The zero-order chi connectivity index (χ0) is 28.6. The van der Waals surface area contributed by atoms with Gasteiger partial charge in [0.2, 0.25) is 28.5 Å². The highest BCUT2D eigenvalue weighted by Gasteiger charge is 2.47. The Morgan fingerprint density at radius 1 is 1.23 bits per heavy atom. The molecule has 1 aromatic carbocycles. The number of carboxylic acid groups (broad SMARTS) is 1. The van der Waals surface area contributed by atoms with Gasteiger partial charge in [0.15, 0.2) is 11.5 Å². The molecule has 2 aliphatic heterocycles. The van der Waals surface area contributed by atoms with Crippen molar-refractivity contribution in [1.82, 2.24) is 14.5 Å². The van der Waals surface area contributed by atoms with Gasteiger partial charge in [-0.3, -0.25) is 14.5 Å². The summed E-state index contributed by atoms with van der Waals surface area (Å²) in [5.41, 5.74) is 6.42. The van der Waals surface area contributed by atoms with Gasteiger partial charge in [-0.25, -0.2) is 13.1 Å². The predicted octanol–water partition coefficient (Wildman–Crippen LogP) is 1.20. The average Bonchev–Trinajstić information content (AvgIpc) is 3.50. The molecule has 1 fully saturated rings. The van der Waals surface area contributed by atoms with Crippen molar-refractivity contribution in [2.24, 2.45) is 11.7 Å². The molecule has 1 aromatic rings. The zero-order valence-corrected chi connectivity index (χ0v) is 23.9. The van der Waals surface area contributed by atoms with Crippen LogP contribution in [0.4, 0.5) is 0 Å². The summed E-state index contributed by atoms with van der Waals surface area (Å²) >= 11 is 0. The maximum Gasteiger partial charge on any atom is 0.308 e. The van der Waals surface area contributed by atoms with Crippen LogP contribution < -0.4 is 24.7 Å². The molecule has 3 rings (SSSR count). The number of sulfonamides is 1. The Labute approximate surface area is 230 Å². The number of aliphatic carboxylic acids is 1. The number of amides is 1. The molecule has 12 nitrogen and oxygen atoms in total. The summed E-state index contributed by atoms with van der Waals surface area (Å²) in [7, 11) is -1.86. The third-order valence-corrected chi connectivity index (χ3v) is 8.02. The fraction of sp³-hybridized carbons (Fsp3) is 0.692. The molecule has 2 aliphatic rings. The molecule has 0 spiro atoms. The second-order valence-corrected chi connectivity index (χ2v) is 11.9. The third-order valence-electron chi connectivity index (χ3n) is 7.29. The first-order valence-corrected chi connectivity index (χ1v) is 15.4. The molecular weight excluding hydrogens is 528 g/mol. The first-order valence-electron chi connectivity index (χ1n) is 13.5. The van der Waals surface area contributed by atoms with Crippen molar-refractivity contribution in [2.45, 2.75) is 51.0 Å². The number of hydrogen-bond donors (Lipinski definition) is 3. The van der Waals surface area contributed by atoms with E-state index in [0.717, 1.165) is 24.7 Å². The van der Waals surface area contributed by atoms with E-state index in [4.69, 9.17) is 19.9 Å². The Morgan fingerprint density at radius 2 is 1.97 bits per heavy atom. The van der Waals surface area contributed by atoms with Crippen molar-refractivity contribution in [3.05, 3.63) is 17.7 Å². The van der Waals surface area contributed by atoms with Crippen molar-refractivity contribution in [3.8, 4) is 17.2 Å². The van der Waals surface area contributed by atoms with Gasteiger partial charge in [0.1, 0.15) is 0 Å². The molecule has 0 aromatic heterocycles. The van der Waals surface area contributed by atoms with Crippen LogP contribution in [0.2, 0.25) is 0 Å². The smallest absolute Gasteiger partial charge is 0.308 e. The van der Waals surface area contributed by atoms with Crippen LogP contribution in [-0.4, -0.2) is 101 Å². The number of likely N-dealkylation sites (tertiary alicyclic amines) is 1. The lowest BCUT2D eigenvalue weighted by atomic mass is 9.83. The quantitative estimate of drug-likeness (QED) is 0.246. The van der Waals surface area contributed by atoms with E-state index in [1.54, 1.807) is 12.1 Å². The fourth-order valence-electron chi connectivity index (χ4n) is 5.39. The van der Waals surface area contributed by atoms with E-state index in [9.17, 15) is 23.1 Å². The number of ether oxygens (including phenoxy) is 3. The Balaban J connectivity index is 1.89. The minimum atomic E-state index is -3.37. The predicted molar refractivity (Wildman–Crippen MR) is 146 cm³/mol. The number of methoxy groups -OCH3 is 1. The summed E-state index contributed by atoms with van der Waals surface area (Å²) in [6.45, 7) is 4.36. The van der Waals surface area contributed by atoms with E-state index in [-0.39, 0.29) is 25.8 Å². The zero-order valence-electron chi connectivity index (χ0n) is 23.1. The molecule has 0 unspecified atom stereocenters. The SMILES string of the molecule is CCCCN(CCCN)C(=O)CN1C[C@H](c2cc(OC)c3c(c2)OCO3)[C@@H](C(=O)O)[C@@H]1CCCNS(C)(=O)=O. The first-order chi connectivity index (χ1) is 18.6. The number of hydrogen-bond acceptors (Lipinski definition) is 9. The molecule has 1 amide bonds. The largest absolute Gasteiger partial charge is 0.493 e. The monoisotopic (exact) mass is 570 g/mol. The standard InChI is InChI=1S/C26H42N4O8S/c1-4-5-11-29(12-7-9-27)23(31)16-30-15-19(18-13-21(36-2)25-22(14-18)37-17-38-25)24(26(32)33)20(30)8-6-10-28-39(3,34)35/h13-14,19-20,24,28H,4-12,15-17,27H2,1-3H3,(H,32,33)/t19-,20+,24-/m1/s1. The van der Waals surface area contributed by atoms with Crippen LogP contribution in [-0.2, 0) is 19.6 Å². The Bertz CT molecular complexity index is 1090. The topological polar surface area (TPSA) is 161 Å². The van der Waals surface area contributed by atoms with Crippen LogP contribution in [0.5, 0.6) is 17.2 Å². The van der Waals surface area contributed by atoms with Gasteiger partial charge >= 0.3 is 5.97 Å². The van der Waals surface area contributed by atoms with Crippen LogP contribution in [0.25, 0.3) is 0 Å². The molecule has 0 saturated carbocycles. The number of nitrogens with two attached hydrogens (primary N) is 1. The molecular formula is C26H42N4O8S. The molecule has 0 bridgehead atoms. The van der Waals surface area contributed by atoms with Crippen molar-refractivity contribution in [2.75, 3.05) is 59.4 Å². The summed E-state index contributed by atoms with van der Waals surface area (Å²) in [4.78, 5) is 29.9. The highest BCUT2D eigenvalue weighted by molar-refractivity contribution is 7.88. The Kier molecular flexibility index (Phi) is 11.2. The molecule has 0 aliphatic carbocycles. The minimum Gasteiger partial charge on any atom is -0.493 e. The van der Waals surface area contributed by atoms with Crippen LogP contribution in [0.15, 0.2) is 12.1 Å². The number of rotatable bonds is 16. The average molecular weight is 571 g/mol. The molecule has 13 heteroatoms. The van der Waals surface area contributed by atoms with Gasteiger partial charge in [0.05, 0.1) is 25.8 Å². The second-order valence-electron chi connectivity index (χ2n) is 10.1. The van der Waals surface area contributed by atoms with Crippen molar-refractivity contribution in [3.63, 3.8) is 0 Å². The number of unbranched alkanes of at least 4 members (excludes halogenated alkanes) is 1. The summed E-state index contributed by atoms with van der Waals surface area (Å²) in [5.74, 6) is -0.880. The lowest BCUT2D eigenvalue weighted by molar-refractivity contribution is -0.143. The van der Waals surface area contributed by atoms with Crippen LogP contribution in [0.1, 0.15) is 50.5 Å². The van der Waals surface area contributed by atoms with Crippen molar-refractivity contribution >= 4 is 21.9 Å². The van der Waals surface area contributed by atoms with Crippen LogP contribution in [0, 0.1) is 5.92 Å². The highest BCUT2D eigenvalue weighted by Crippen LogP contribution is 2.47. The number of nitrogens with one attached hydrogen (secondary N) is 1. The minimum absolute atomic E-state index is 0.0507. The highest BCUT2D eigenvalue weighted by atomic mass is 32.2. The number of carboxylic acids is 1. The van der Waals surface area contributed by atoms with E-state index in [2.05, 4.69) is 11.6 Å². The summed E-state index contributed by atoms with van der Waals surface area (Å²) in [6.07, 6.45) is 4.42. The summed E-state index contributed by atoms with van der Waals surface area (Å²) < 4.78 is 42.1. The van der Waals surface area contributed by atoms with Crippen molar-refractivity contribution < 1.29 is 37.3 Å². The second kappa shape index (κ2) is 14.1. The van der Waals surface area contributed by atoms with E-state index < -0.39 is 33.9 Å². The normalized spacial score (nSPS) is 20.8. The van der Waals surface area contributed by atoms with Gasteiger partial charge in [0.25, 0.3) is 0 Å². The van der Waals surface area contributed by atoms with Gasteiger partial charge in [-0.2, -0.15) is 0 Å². The third kappa shape index (κ3) is 8.19. The van der Waals surface area contributed by atoms with E-state index in [0.29, 0.717) is 62.7 Å². The van der Waals surface area contributed by atoms with Gasteiger partial charge in [0, 0.05) is 38.1 Å². The maximum absolute atomic E-state index is 13.4. The van der Waals surface area contributed by atoms with E-state index in [1.165, 1.54) is 7.11 Å².